The Morgan fingerprint density at radius 3 is 2.48 bits per heavy atom. The number of carbonyl (C=O) groups is 2. The zero-order valence-electron chi connectivity index (χ0n) is 13.1. The number of aliphatic hydroxyl groups is 1. The molecule has 0 amide bonds. The molecule has 1 aromatic carbocycles. The van der Waals surface area contributed by atoms with Crippen LogP contribution in [0.15, 0.2) is 24.3 Å². The fraction of sp³-hybridized carbons (Fsp3) is 0.231. The van der Waals surface area contributed by atoms with Crippen molar-refractivity contribution in [1.29, 1.82) is 0 Å². The number of hydrogen-bond acceptors (Lipinski definition) is 5. The summed E-state index contributed by atoms with van der Waals surface area (Å²) in [7, 11) is 0. The Morgan fingerprint density at radius 1 is 1.35 bits per heavy atom. The van der Waals surface area contributed by atoms with Crippen molar-refractivity contribution in [2.24, 2.45) is 0 Å². The van der Waals surface area contributed by atoms with Gasteiger partial charge in [0.1, 0.15) is 11.5 Å². The van der Waals surface area contributed by atoms with Crippen LogP contribution >= 0.6 is 11.6 Å². The maximum absolute atomic E-state index is 12.1. The van der Waals surface area contributed by atoms with Crippen LogP contribution in [0.4, 0.5) is 13.2 Å². The van der Waals surface area contributed by atoms with Crippen molar-refractivity contribution in [2.45, 2.75) is 13.3 Å². The number of halogens is 4. The standard InChI is InChI=1S/C13H10ClF3O5.Li.H/c1-2-21-12(20)11(19)6-10(18)7-3-8(14)5-9(4-7)22-13(15,16)17;;/h3-6,18H,2H2,1H3;;/q;+1;-1. The first-order valence-electron chi connectivity index (χ1n) is 5.81. The van der Waals surface area contributed by atoms with Gasteiger partial charge in [-0.3, -0.25) is 4.79 Å². The number of hydrogen-bond donors (Lipinski definition) is 1. The molecule has 0 radical (unpaired) electrons. The summed E-state index contributed by atoms with van der Waals surface area (Å²) in [5, 5.41) is 9.53. The number of alkyl halides is 3. The van der Waals surface area contributed by atoms with E-state index >= 15 is 0 Å². The van der Waals surface area contributed by atoms with Gasteiger partial charge in [-0.05, 0) is 25.1 Å². The van der Waals surface area contributed by atoms with Crippen molar-refractivity contribution in [2.75, 3.05) is 6.61 Å². The third-order valence-electron chi connectivity index (χ3n) is 2.15. The molecule has 1 aromatic rings. The molecule has 23 heavy (non-hydrogen) atoms. The van der Waals surface area contributed by atoms with Gasteiger partial charge in [0.05, 0.1) is 6.61 Å². The molecule has 1 N–H and O–H groups in total. The van der Waals surface area contributed by atoms with Crippen molar-refractivity contribution < 1.29 is 57.6 Å². The second-order valence-electron chi connectivity index (χ2n) is 3.84. The van der Waals surface area contributed by atoms with Crippen molar-refractivity contribution >= 4 is 29.1 Å². The van der Waals surface area contributed by atoms with Gasteiger partial charge in [0.15, 0.2) is 0 Å². The molecule has 0 heterocycles. The molecule has 0 aliphatic carbocycles. The summed E-state index contributed by atoms with van der Waals surface area (Å²) < 4.78 is 44.5. The van der Waals surface area contributed by atoms with Crippen LogP contribution in [0, 0.1) is 0 Å². The molecule has 122 valence electrons. The number of rotatable bonds is 5. The summed E-state index contributed by atoms with van der Waals surface area (Å²) in [5.41, 5.74) is -0.232. The van der Waals surface area contributed by atoms with Crippen molar-refractivity contribution in [3.05, 3.63) is 34.9 Å². The molecule has 0 atom stereocenters. The molecule has 0 unspecified atom stereocenters. The summed E-state index contributed by atoms with van der Waals surface area (Å²) in [6, 6.07) is 2.78. The Hall–Kier alpha value is -1.62. The quantitative estimate of drug-likeness (QED) is 0.274. The molecule has 10 heteroatoms. The van der Waals surface area contributed by atoms with Gasteiger partial charge in [-0.15, -0.1) is 13.2 Å². The van der Waals surface area contributed by atoms with Gasteiger partial charge in [-0.2, -0.15) is 0 Å². The van der Waals surface area contributed by atoms with E-state index < -0.39 is 29.6 Å². The second-order valence-corrected chi connectivity index (χ2v) is 4.27. The number of esters is 1. The minimum Gasteiger partial charge on any atom is -1.00 e. The second kappa shape index (κ2) is 8.87. The summed E-state index contributed by atoms with van der Waals surface area (Å²) in [4.78, 5) is 22.5. The van der Waals surface area contributed by atoms with Crippen LogP contribution in [-0.4, -0.2) is 29.8 Å². The zero-order chi connectivity index (χ0) is 16.9. The fourth-order valence-corrected chi connectivity index (χ4v) is 1.60. The molecule has 0 aliphatic rings. The van der Waals surface area contributed by atoms with Gasteiger partial charge in [0.25, 0.3) is 5.78 Å². The number of ether oxygens (including phenoxy) is 2. The smallest absolute Gasteiger partial charge is 1.00 e. The molecule has 0 saturated heterocycles. The molecule has 5 nitrogen and oxygen atoms in total. The summed E-state index contributed by atoms with van der Waals surface area (Å²) in [6.07, 6.45) is -4.43. The van der Waals surface area contributed by atoms with Crippen LogP contribution in [0.1, 0.15) is 13.9 Å². The van der Waals surface area contributed by atoms with E-state index in [1.807, 2.05) is 0 Å². The first-order chi connectivity index (χ1) is 10.1. The molecule has 0 bridgehead atoms. The van der Waals surface area contributed by atoms with Gasteiger partial charge < -0.3 is 16.0 Å². The van der Waals surface area contributed by atoms with Crippen LogP contribution < -0.4 is 23.6 Å². The Kier molecular flexibility index (Phi) is 8.24. The molecule has 0 spiro atoms. The summed E-state index contributed by atoms with van der Waals surface area (Å²) in [6.45, 7) is 1.44. The number of benzene rings is 1. The molecule has 1 rings (SSSR count). The first kappa shape index (κ1) is 21.4. The molecule has 0 aliphatic heterocycles. The monoisotopic (exact) mass is 346 g/mol. The van der Waals surface area contributed by atoms with E-state index in [-0.39, 0.29) is 37.5 Å². The maximum atomic E-state index is 12.1. The van der Waals surface area contributed by atoms with Crippen LogP contribution in [0.5, 0.6) is 5.75 Å². The molecular weight excluding hydrogens is 336 g/mol. The minimum absolute atomic E-state index is 0. The summed E-state index contributed by atoms with van der Waals surface area (Å²) >= 11 is 5.61. The Morgan fingerprint density at radius 2 is 1.96 bits per heavy atom. The van der Waals surface area contributed by atoms with E-state index in [1.165, 1.54) is 6.92 Å². The average Bonchev–Trinajstić information content (AvgIpc) is 2.35. The zero-order valence-corrected chi connectivity index (χ0v) is 12.9. The fourth-order valence-electron chi connectivity index (χ4n) is 1.37. The number of carbonyl (C=O) groups excluding carboxylic acids is 2. The normalized spacial score (nSPS) is 11.4. The predicted molar refractivity (Wildman–Crippen MR) is 71.5 cm³/mol. The summed E-state index contributed by atoms with van der Waals surface area (Å²) in [5.74, 6) is -3.81. The third kappa shape index (κ3) is 7.46. The van der Waals surface area contributed by atoms with Gasteiger partial charge >= 0.3 is 31.2 Å². The van der Waals surface area contributed by atoms with Crippen LogP contribution in [-0.2, 0) is 14.3 Å². The van der Waals surface area contributed by atoms with Gasteiger partial charge in [-0.25, -0.2) is 4.79 Å². The first-order valence-corrected chi connectivity index (χ1v) is 6.18. The van der Waals surface area contributed by atoms with Crippen molar-refractivity contribution in [1.82, 2.24) is 0 Å². The van der Waals surface area contributed by atoms with Gasteiger partial charge in [0, 0.05) is 16.7 Å². The molecule has 0 fully saturated rings. The molecule has 0 aromatic heterocycles. The van der Waals surface area contributed by atoms with E-state index in [4.69, 9.17) is 11.6 Å². The Bertz CT molecular complexity index is 622. The van der Waals surface area contributed by atoms with E-state index in [0.717, 1.165) is 18.2 Å². The Labute approximate surface area is 147 Å². The van der Waals surface area contributed by atoms with Crippen molar-refractivity contribution in [3.8, 4) is 5.75 Å². The largest absolute Gasteiger partial charge is 1.00 e. The van der Waals surface area contributed by atoms with E-state index in [9.17, 15) is 27.9 Å². The maximum Gasteiger partial charge on any atom is 1.00 e. The SMILES string of the molecule is CCOC(=O)C(=O)C=C(O)c1cc(Cl)cc(OC(F)(F)F)c1.[H-].[Li+]. The van der Waals surface area contributed by atoms with E-state index in [2.05, 4.69) is 9.47 Å². The number of ketones is 1. The van der Waals surface area contributed by atoms with Crippen molar-refractivity contribution in [3.63, 3.8) is 0 Å². The van der Waals surface area contributed by atoms with Crippen LogP contribution in [0.2, 0.25) is 5.02 Å². The minimum atomic E-state index is -4.94. The number of aliphatic hydroxyl groups excluding tert-OH is 1. The molecule has 0 saturated carbocycles. The third-order valence-corrected chi connectivity index (χ3v) is 2.36. The molecular formula is C13H11ClF3LiO5. The van der Waals surface area contributed by atoms with E-state index in [1.54, 1.807) is 0 Å². The predicted octanol–water partition coefficient (Wildman–Crippen LogP) is 0.386. The van der Waals surface area contributed by atoms with E-state index in [0.29, 0.717) is 6.08 Å². The average molecular weight is 347 g/mol. The van der Waals surface area contributed by atoms with Crippen LogP contribution in [0.3, 0.4) is 0 Å². The van der Waals surface area contributed by atoms with Crippen LogP contribution in [0.25, 0.3) is 5.76 Å². The Balaban J connectivity index is 0. The van der Waals surface area contributed by atoms with Gasteiger partial charge in [0.2, 0.25) is 0 Å². The topological polar surface area (TPSA) is 72.8 Å². The van der Waals surface area contributed by atoms with Gasteiger partial charge in [-0.1, -0.05) is 11.6 Å².